The normalized spacial score (nSPS) is 10.4. The van der Waals surface area contributed by atoms with E-state index in [1.807, 2.05) is 0 Å². The van der Waals surface area contributed by atoms with Gasteiger partial charge >= 0.3 is 0 Å². The molecule has 30 heavy (non-hydrogen) atoms. The fourth-order valence-electron chi connectivity index (χ4n) is 2.52. The van der Waals surface area contributed by atoms with Crippen LogP contribution in [0.1, 0.15) is 23.7 Å². The molecule has 0 radical (unpaired) electrons. The monoisotopic (exact) mass is 423 g/mol. The predicted molar refractivity (Wildman–Crippen MR) is 102 cm³/mol. The Labute approximate surface area is 170 Å². The van der Waals surface area contributed by atoms with Crippen molar-refractivity contribution in [2.45, 2.75) is 13.3 Å². The van der Waals surface area contributed by atoms with E-state index in [2.05, 4.69) is 5.32 Å². The highest BCUT2D eigenvalue weighted by Gasteiger charge is 2.20. The molecule has 0 saturated carbocycles. The van der Waals surface area contributed by atoms with Crippen molar-refractivity contribution in [2.24, 2.45) is 5.73 Å². The zero-order valence-electron chi connectivity index (χ0n) is 16.1. The van der Waals surface area contributed by atoms with Crippen LogP contribution < -0.4 is 15.8 Å². The van der Waals surface area contributed by atoms with Crippen molar-refractivity contribution in [3.63, 3.8) is 0 Å². The van der Waals surface area contributed by atoms with Gasteiger partial charge in [-0.05, 0) is 36.8 Å². The van der Waals surface area contributed by atoms with Crippen molar-refractivity contribution < 1.29 is 32.3 Å². The van der Waals surface area contributed by atoms with Crippen LogP contribution in [0.3, 0.4) is 0 Å². The Hall–Kier alpha value is -3.56. The molecule has 0 spiro atoms. The number of amides is 3. The van der Waals surface area contributed by atoms with E-state index in [0.29, 0.717) is 12.5 Å². The third kappa shape index (κ3) is 5.97. The molecule has 0 heterocycles. The number of nitrogens with zero attached hydrogens (tertiary/aromatic N) is 1. The van der Waals surface area contributed by atoms with Crippen LogP contribution in [-0.2, 0) is 9.59 Å². The minimum absolute atomic E-state index is 0.206. The zero-order valence-corrected chi connectivity index (χ0v) is 16.1. The van der Waals surface area contributed by atoms with Gasteiger partial charge in [-0.3, -0.25) is 14.4 Å². The average molecular weight is 423 g/mol. The van der Waals surface area contributed by atoms with Crippen LogP contribution in [0.5, 0.6) is 5.75 Å². The molecule has 3 N–H and O–H groups in total. The highest BCUT2D eigenvalue weighted by Crippen LogP contribution is 2.19. The molecule has 7 nitrogen and oxygen atoms in total. The molecule has 0 aromatic heterocycles. The summed E-state index contributed by atoms with van der Waals surface area (Å²) in [4.78, 5) is 37.0. The van der Waals surface area contributed by atoms with Gasteiger partial charge in [0.15, 0.2) is 24.1 Å². The lowest BCUT2D eigenvalue weighted by Gasteiger charge is -2.22. The minimum Gasteiger partial charge on any atom is -0.484 e. The molecule has 2 rings (SSSR count). The molecule has 0 aliphatic carbocycles. The van der Waals surface area contributed by atoms with Crippen molar-refractivity contribution in [3.8, 4) is 5.75 Å². The first kappa shape index (κ1) is 22.7. The Kier molecular flexibility index (Phi) is 7.79. The molecule has 2 aromatic carbocycles. The molecule has 3 amide bonds. The van der Waals surface area contributed by atoms with E-state index < -0.39 is 54.0 Å². The molecular formula is C20H20F3N3O4. The van der Waals surface area contributed by atoms with E-state index in [-0.39, 0.29) is 17.9 Å². The largest absolute Gasteiger partial charge is 0.484 e. The molecule has 0 fully saturated rings. The van der Waals surface area contributed by atoms with Crippen LogP contribution in [0.25, 0.3) is 0 Å². The Balaban J connectivity index is 2.00. The number of benzene rings is 2. The van der Waals surface area contributed by atoms with Crippen molar-refractivity contribution in [3.05, 3.63) is 59.4 Å². The van der Waals surface area contributed by atoms with E-state index in [4.69, 9.17) is 10.5 Å². The molecule has 160 valence electrons. The number of anilines is 1. The lowest BCUT2D eigenvalue weighted by atomic mass is 10.2. The van der Waals surface area contributed by atoms with Gasteiger partial charge < -0.3 is 20.7 Å². The summed E-state index contributed by atoms with van der Waals surface area (Å²) in [6.45, 7) is 1.12. The first-order chi connectivity index (χ1) is 14.2. The van der Waals surface area contributed by atoms with Gasteiger partial charge in [-0.2, -0.15) is 0 Å². The Morgan fingerprint density at radius 2 is 1.83 bits per heavy atom. The van der Waals surface area contributed by atoms with Gasteiger partial charge in [0.2, 0.25) is 11.8 Å². The first-order valence-electron chi connectivity index (χ1n) is 8.96. The van der Waals surface area contributed by atoms with Crippen LogP contribution in [0.15, 0.2) is 36.4 Å². The third-order valence-corrected chi connectivity index (χ3v) is 3.97. The predicted octanol–water partition coefficient (Wildman–Crippen LogP) is 2.46. The molecule has 0 unspecified atom stereocenters. The van der Waals surface area contributed by atoms with Crippen molar-refractivity contribution >= 4 is 23.4 Å². The number of rotatable bonds is 9. The summed E-state index contributed by atoms with van der Waals surface area (Å²) in [5.74, 6) is -6.37. The highest BCUT2D eigenvalue weighted by molar-refractivity contribution is 5.95. The number of nitrogens with two attached hydrogens (primary N) is 1. The summed E-state index contributed by atoms with van der Waals surface area (Å²) >= 11 is 0. The smallest absolute Gasteiger partial charge is 0.260 e. The SMILES string of the molecule is CCCN(CC(=O)Nc1ccc(F)c(F)c1F)C(=O)COc1cccc(C(N)=O)c1. The third-order valence-electron chi connectivity index (χ3n) is 3.97. The zero-order chi connectivity index (χ0) is 22.3. The number of carbonyl (C=O) groups excluding carboxylic acids is 3. The van der Waals surface area contributed by atoms with E-state index in [1.165, 1.54) is 29.2 Å². The second-order valence-electron chi connectivity index (χ2n) is 6.27. The maximum absolute atomic E-state index is 13.7. The summed E-state index contributed by atoms with van der Waals surface area (Å²) in [6, 6.07) is 7.49. The Bertz CT molecular complexity index is 953. The van der Waals surface area contributed by atoms with Gasteiger partial charge in [-0.1, -0.05) is 13.0 Å². The second kappa shape index (κ2) is 10.3. The Morgan fingerprint density at radius 3 is 2.50 bits per heavy atom. The molecule has 10 heteroatoms. The molecular weight excluding hydrogens is 403 g/mol. The number of halogens is 3. The quantitative estimate of drug-likeness (QED) is 0.605. The van der Waals surface area contributed by atoms with Gasteiger partial charge in [-0.15, -0.1) is 0 Å². The van der Waals surface area contributed by atoms with Crippen LogP contribution >= 0.6 is 0 Å². The lowest BCUT2D eigenvalue weighted by Crippen LogP contribution is -2.41. The standard InChI is InChI=1S/C20H20F3N3O4/c1-2-8-26(10-16(27)25-15-7-6-14(21)18(22)19(15)23)17(28)11-30-13-5-3-4-12(9-13)20(24)29/h3-7,9H,2,8,10-11H2,1H3,(H2,24,29)(H,25,27). The number of hydrogen-bond donors (Lipinski definition) is 2. The summed E-state index contributed by atoms with van der Waals surface area (Å²) in [5, 5.41) is 2.11. The van der Waals surface area contributed by atoms with Gasteiger partial charge in [0, 0.05) is 12.1 Å². The molecule has 2 aromatic rings. The number of nitrogens with one attached hydrogen (secondary N) is 1. The van der Waals surface area contributed by atoms with E-state index in [9.17, 15) is 27.6 Å². The fourth-order valence-corrected chi connectivity index (χ4v) is 2.52. The number of primary amides is 1. The Morgan fingerprint density at radius 1 is 1.10 bits per heavy atom. The lowest BCUT2D eigenvalue weighted by molar-refractivity contribution is -0.136. The highest BCUT2D eigenvalue weighted by atomic mass is 19.2. The maximum Gasteiger partial charge on any atom is 0.260 e. The van der Waals surface area contributed by atoms with Crippen LogP contribution in [0.4, 0.5) is 18.9 Å². The van der Waals surface area contributed by atoms with E-state index in [0.717, 1.165) is 6.07 Å². The van der Waals surface area contributed by atoms with Crippen LogP contribution in [-0.4, -0.2) is 42.3 Å². The van der Waals surface area contributed by atoms with Crippen molar-refractivity contribution in [1.29, 1.82) is 0 Å². The number of ether oxygens (including phenoxy) is 1. The molecule has 0 aliphatic rings. The van der Waals surface area contributed by atoms with Crippen molar-refractivity contribution in [1.82, 2.24) is 4.90 Å². The summed E-state index contributed by atoms with van der Waals surface area (Å²) < 4.78 is 45.3. The second-order valence-corrected chi connectivity index (χ2v) is 6.27. The van der Waals surface area contributed by atoms with Gasteiger partial charge in [0.25, 0.3) is 5.91 Å². The molecule has 0 aliphatic heterocycles. The minimum atomic E-state index is -1.71. The van der Waals surface area contributed by atoms with Gasteiger partial charge in [-0.25, -0.2) is 13.2 Å². The van der Waals surface area contributed by atoms with E-state index in [1.54, 1.807) is 6.92 Å². The molecule has 0 atom stereocenters. The summed E-state index contributed by atoms with van der Waals surface area (Å²) in [5.41, 5.74) is 4.85. The first-order valence-corrected chi connectivity index (χ1v) is 8.96. The van der Waals surface area contributed by atoms with Crippen molar-refractivity contribution in [2.75, 3.05) is 25.0 Å². The molecule has 0 bridgehead atoms. The van der Waals surface area contributed by atoms with E-state index >= 15 is 0 Å². The average Bonchev–Trinajstić information content (AvgIpc) is 2.72. The topological polar surface area (TPSA) is 102 Å². The maximum atomic E-state index is 13.7. The van der Waals surface area contributed by atoms with Crippen LogP contribution in [0.2, 0.25) is 0 Å². The molecule has 0 saturated heterocycles. The summed E-state index contributed by atoms with van der Waals surface area (Å²) in [6.07, 6.45) is 0.524. The summed E-state index contributed by atoms with van der Waals surface area (Å²) in [7, 11) is 0. The van der Waals surface area contributed by atoms with Crippen LogP contribution in [0, 0.1) is 17.5 Å². The van der Waals surface area contributed by atoms with Gasteiger partial charge in [0.1, 0.15) is 5.75 Å². The number of carbonyl (C=O) groups is 3. The van der Waals surface area contributed by atoms with Gasteiger partial charge in [0.05, 0.1) is 12.2 Å². The fraction of sp³-hybridized carbons (Fsp3) is 0.250. The number of hydrogen-bond acceptors (Lipinski definition) is 4.